The van der Waals surface area contributed by atoms with Crippen LogP contribution in [0.25, 0.3) is 0 Å². The van der Waals surface area contributed by atoms with Crippen molar-refractivity contribution in [3.63, 3.8) is 0 Å². The zero-order chi connectivity index (χ0) is 15.5. The predicted molar refractivity (Wildman–Crippen MR) is 82.9 cm³/mol. The molecule has 21 heavy (non-hydrogen) atoms. The molecule has 0 amide bonds. The number of Topliss-reactive ketones (excluding diaryl/α,β-unsaturated/α-hetero) is 1. The normalized spacial score (nSPS) is 19.4. The lowest BCUT2D eigenvalue weighted by molar-refractivity contribution is -0.0110. The van der Waals surface area contributed by atoms with Crippen molar-refractivity contribution in [2.24, 2.45) is 0 Å². The maximum absolute atomic E-state index is 13.1. The van der Waals surface area contributed by atoms with Gasteiger partial charge in [-0.15, -0.1) is 0 Å². The van der Waals surface area contributed by atoms with Crippen LogP contribution < -0.4 is 0 Å². The van der Waals surface area contributed by atoms with Crippen LogP contribution in [0.15, 0.2) is 6.20 Å². The van der Waals surface area contributed by atoms with Crippen LogP contribution in [0, 0.1) is 0 Å². The number of hydrogen-bond donors (Lipinski definition) is 0. The Kier molecular flexibility index (Phi) is 5.41. The van der Waals surface area contributed by atoms with Crippen LogP contribution in [0.4, 0.5) is 0 Å². The second-order valence-corrected chi connectivity index (χ2v) is 6.03. The highest BCUT2D eigenvalue weighted by Crippen LogP contribution is 2.29. The van der Waals surface area contributed by atoms with E-state index in [0.717, 1.165) is 25.9 Å². The molecule has 5 nitrogen and oxygen atoms in total. The number of rotatable bonds is 6. The van der Waals surface area contributed by atoms with Gasteiger partial charge in [0.05, 0.1) is 30.0 Å². The first kappa shape index (κ1) is 16.5. The molecule has 1 aromatic rings. The Labute approximate surface area is 131 Å². The number of aromatic nitrogens is 2. The molecule has 118 valence electrons. The molecule has 0 saturated carbocycles. The van der Waals surface area contributed by atoms with Gasteiger partial charge in [-0.1, -0.05) is 25.4 Å². The van der Waals surface area contributed by atoms with Crippen molar-refractivity contribution in [3.05, 3.63) is 16.9 Å². The first-order chi connectivity index (χ1) is 10.0. The van der Waals surface area contributed by atoms with E-state index in [2.05, 4.69) is 16.9 Å². The summed E-state index contributed by atoms with van der Waals surface area (Å²) in [6, 6.07) is 0. The summed E-state index contributed by atoms with van der Waals surface area (Å²) in [4.78, 5) is 15.4. The molecule has 2 rings (SSSR count). The number of carbonyl (C=O) groups is 1. The third kappa shape index (κ3) is 3.15. The third-order valence-electron chi connectivity index (χ3n) is 4.33. The van der Waals surface area contributed by atoms with Crippen LogP contribution >= 0.6 is 11.6 Å². The molecule has 1 aromatic heterocycles. The fourth-order valence-electron chi connectivity index (χ4n) is 2.81. The number of hydrogen-bond acceptors (Lipinski definition) is 4. The van der Waals surface area contributed by atoms with Gasteiger partial charge in [0.2, 0.25) is 5.78 Å². The summed E-state index contributed by atoms with van der Waals surface area (Å²) in [6.45, 7) is 9.70. The molecule has 1 saturated heterocycles. The molecule has 1 atom stereocenters. The standard InChI is InChI=1S/C15H24ClN3O2/c1-4-6-19-13(12(16)11-17-19)14(20)15(3,5-2)18-7-9-21-10-8-18/h11H,4-10H2,1-3H3. The van der Waals surface area contributed by atoms with Gasteiger partial charge in [-0.3, -0.25) is 14.4 Å². The van der Waals surface area contributed by atoms with Gasteiger partial charge in [-0.05, 0) is 19.8 Å². The topological polar surface area (TPSA) is 47.4 Å². The van der Waals surface area contributed by atoms with Crippen molar-refractivity contribution in [3.8, 4) is 0 Å². The van der Waals surface area contributed by atoms with Crippen molar-refractivity contribution in [2.45, 2.75) is 45.7 Å². The predicted octanol–water partition coefficient (Wildman–Crippen LogP) is 2.63. The lowest BCUT2D eigenvalue weighted by Gasteiger charge is -2.41. The second kappa shape index (κ2) is 6.90. The summed E-state index contributed by atoms with van der Waals surface area (Å²) in [7, 11) is 0. The number of ether oxygens (including phenoxy) is 1. The van der Waals surface area contributed by atoms with Crippen molar-refractivity contribution in [1.82, 2.24) is 14.7 Å². The molecule has 0 spiro atoms. The van der Waals surface area contributed by atoms with Crippen molar-refractivity contribution >= 4 is 17.4 Å². The average molecular weight is 314 g/mol. The fourth-order valence-corrected chi connectivity index (χ4v) is 3.04. The Morgan fingerprint density at radius 1 is 1.43 bits per heavy atom. The maximum atomic E-state index is 13.1. The SMILES string of the molecule is CCCn1ncc(Cl)c1C(=O)C(C)(CC)N1CCOCC1. The van der Waals surface area contributed by atoms with Crippen LogP contribution in [0.1, 0.15) is 44.1 Å². The van der Waals surface area contributed by atoms with Gasteiger partial charge in [0, 0.05) is 19.6 Å². The zero-order valence-electron chi connectivity index (χ0n) is 13.1. The number of aryl methyl sites for hydroxylation is 1. The van der Waals surface area contributed by atoms with Gasteiger partial charge in [-0.25, -0.2) is 0 Å². The highest BCUT2D eigenvalue weighted by molar-refractivity contribution is 6.34. The molecule has 2 heterocycles. The number of carbonyl (C=O) groups excluding carboxylic acids is 1. The molecule has 1 unspecified atom stereocenters. The van der Waals surface area contributed by atoms with Gasteiger partial charge in [-0.2, -0.15) is 5.10 Å². The highest BCUT2D eigenvalue weighted by atomic mass is 35.5. The minimum Gasteiger partial charge on any atom is -0.379 e. The van der Waals surface area contributed by atoms with E-state index in [1.807, 2.05) is 13.8 Å². The largest absolute Gasteiger partial charge is 0.379 e. The van der Waals surface area contributed by atoms with Gasteiger partial charge in [0.1, 0.15) is 5.69 Å². The third-order valence-corrected chi connectivity index (χ3v) is 4.61. The zero-order valence-corrected chi connectivity index (χ0v) is 13.8. The summed E-state index contributed by atoms with van der Waals surface area (Å²) < 4.78 is 7.13. The lowest BCUT2D eigenvalue weighted by atomic mass is 9.88. The van der Waals surface area contributed by atoms with Gasteiger partial charge in [0.25, 0.3) is 0 Å². The van der Waals surface area contributed by atoms with E-state index in [0.29, 0.717) is 30.5 Å². The minimum atomic E-state index is -0.557. The van der Waals surface area contributed by atoms with Crippen molar-refractivity contribution in [2.75, 3.05) is 26.3 Å². The van der Waals surface area contributed by atoms with Crippen LogP contribution in [0.3, 0.4) is 0 Å². The molecular formula is C15H24ClN3O2. The van der Waals surface area contributed by atoms with E-state index in [4.69, 9.17) is 16.3 Å². The first-order valence-electron chi connectivity index (χ1n) is 7.63. The molecule has 0 N–H and O–H groups in total. The van der Waals surface area contributed by atoms with Crippen molar-refractivity contribution < 1.29 is 9.53 Å². The Hall–Kier alpha value is -0.910. The Balaban J connectivity index is 2.33. The molecular weight excluding hydrogens is 290 g/mol. The summed E-state index contributed by atoms with van der Waals surface area (Å²) >= 11 is 6.23. The molecule has 0 aromatic carbocycles. The number of halogens is 1. The van der Waals surface area contributed by atoms with E-state index in [1.54, 1.807) is 10.9 Å². The Bertz CT molecular complexity index is 497. The summed E-state index contributed by atoms with van der Waals surface area (Å²) in [6.07, 6.45) is 3.22. The summed E-state index contributed by atoms with van der Waals surface area (Å²) in [5, 5.41) is 4.69. The van der Waals surface area contributed by atoms with Gasteiger partial charge < -0.3 is 4.74 Å². The molecule has 0 aliphatic carbocycles. The summed E-state index contributed by atoms with van der Waals surface area (Å²) in [5.41, 5.74) is -0.0202. The van der Waals surface area contributed by atoms with Gasteiger partial charge >= 0.3 is 0 Å². The first-order valence-corrected chi connectivity index (χ1v) is 8.01. The molecule has 0 bridgehead atoms. The molecule has 1 fully saturated rings. The highest BCUT2D eigenvalue weighted by Gasteiger charge is 2.41. The van der Waals surface area contributed by atoms with E-state index < -0.39 is 5.54 Å². The van der Waals surface area contributed by atoms with Crippen LogP contribution in [-0.2, 0) is 11.3 Å². The number of nitrogens with zero attached hydrogens (tertiary/aromatic N) is 3. The summed E-state index contributed by atoms with van der Waals surface area (Å²) in [5.74, 6) is 0.0582. The molecule has 6 heteroatoms. The van der Waals surface area contributed by atoms with E-state index in [1.165, 1.54) is 0 Å². The van der Waals surface area contributed by atoms with Crippen LogP contribution in [-0.4, -0.2) is 52.3 Å². The molecule has 0 radical (unpaired) electrons. The lowest BCUT2D eigenvalue weighted by Crippen LogP contribution is -2.56. The molecule has 1 aliphatic heterocycles. The smallest absolute Gasteiger partial charge is 0.202 e. The molecule has 1 aliphatic rings. The van der Waals surface area contributed by atoms with Gasteiger partial charge in [0.15, 0.2) is 0 Å². The monoisotopic (exact) mass is 313 g/mol. The minimum absolute atomic E-state index is 0.0582. The van der Waals surface area contributed by atoms with Crippen LogP contribution in [0.2, 0.25) is 5.02 Å². The van der Waals surface area contributed by atoms with E-state index >= 15 is 0 Å². The average Bonchev–Trinajstić information content (AvgIpc) is 2.87. The second-order valence-electron chi connectivity index (χ2n) is 5.62. The van der Waals surface area contributed by atoms with Crippen LogP contribution in [0.5, 0.6) is 0 Å². The quantitative estimate of drug-likeness (QED) is 0.758. The van der Waals surface area contributed by atoms with E-state index in [9.17, 15) is 4.79 Å². The Morgan fingerprint density at radius 3 is 2.67 bits per heavy atom. The number of ketones is 1. The maximum Gasteiger partial charge on any atom is 0.202 e. The number of morpholine rings is 1. The fraction of sp³-hybridized carbons (Fsp3) is 0.733. The van der Waals surface area contributed by atoms with Crippen molar-refractivity contribution in [1.29, 1.82) is 0 Å². The van der Waals surface area contributed by atoms with E-state index in [-0.39, 0.29) is 5.78 Å². The Morgan fingerprint density at radius 2 is 2.10 bits per heavy atom.